The number of carboxylic acid groups (broad SMARTS) is 1. The Morgan fingerprint density at radius 2 is 1.91 bits per heavy atom. The molecule has 2 aromatic rings. The highest BCUT2D eigenvalue weighted by molar-refractivity contribution is 6.00. The smallest absolute Gasteiger partial charge is 0.408 e. The van der Waals surface area contributed by atoms with Gasteiger partial charge in [-0.05, 0) is 62.6 Å². The van der Waals surface area contributed by atoms with Gasteiger partial charge in [0.05, 0.1) is 0 Å². The lowest BCUT2D eigenvalue weighted by atomic mass is 9.95. The lowest BCUT2D eigenvalue weighted by molar-refractivity contribution is -0.127. The maximum atomic E-state index is 14.3. The monoisotopic (exact) mass is 459 g/mol. The van der Waals surface area contributed by atoms with Crippen LogP contribution in [0.4, 0.5) is 19.3 Å². The van der Waals surface area contributed by atoms with Crippen molar-refractivity contribution in [2.24, 2.45) is 0 Å². The maximum Gasteiger partial charge on any atom is 0.408 e. The summed E-state index contributed by atoms with van der Waals surface area (Å²) in [4.78, 5) is 38.5. The molecule has 0 saturated heterocycles. The van der Waals surface area contributed by atoms with Gasteiger partial charge in [-0.3, -0.25) is 14.5 Å². The molecule has 0 spiro atoms. The molecule has 1 heterocycles. The third-order valence-electron chi connectivity index (χ3n) is 5.53. The second kappa shape index (κ2) is 9.56. The number of anilines is 1. The van der Waals surface area contributed by atoms with Gasteiger partial charge in [-0.15, -0.1) is 0 Å². The average molecular weight is 459 g/mol. The van der Waals surface area contributed by atoms with E-state index < -0.39 is 47.2 Å². The topological polar surface area (TPSA) is 98.7 Å². The van der Waals surface area contributed by atoms with Gasteiger partial charge in [0, 0.05) is 30.1 Å². The van der Waals surface area contributed by atoms with Crippen molar-refractivity contribution in [2.45, 2.75) is 57.7 Å². The minimum absolute atomic E-state index is 0.0193. The van der Waals surface area contributed by atoms with Gasteiger partial charge in [0.25, 0.3) is 0 Å². The molecule has 33 heavy (non-hydrogen) atoms. The Kier molecular flexibility index (Phi) is 7.00. The predicted molar refractivity (Wildman–Crippen MR) is 119 cm³/mol. The van der Waals surface area contributed by atoms with Crippen LogP contribution in [0.25, 0.3) is 0 Å². The van der Waals surface area contributed by atoms with Crippen molar-refractivity contribution in [1.82, 2.24) is 10.2 Å². The Labute approximate surface area is 190 Å². The van der Waals surface area contributed by atoms with Crippen LogP contribution in [-0.2, 0) is 22.4 Å². The highest BCUT2D eigenvalue weighted by Crippen LogP contribution is 2.25. The first kappa shape index (κ1) is 24.2. The van der Waals surface area contributed by atoms with E-state index in [-0.39, 0.29) is 24.8 Å². The molecule has 0 aliphatic carbocycles. The predicted octanol–water partition coefficient (Wildman–Crippen LogP) is 3.72. The SMILES string of the molecule is CC(C)(C)N(C(=O)O)[C@@H](CC(=O)NC1Cc2cc(F)ccc2NC1=O)Cc1ccccc1F. The van der Waals surface area contributed by atoms with Gasteiger partial charge in [-0.25, -0.2) is 13.6 Å². The van der Waals surface area contributed by atoms with Crippen molar-refractivity contribution in [3.63, 3.8) is 0 Å². The van der Waals surface area contributed by atoms with Crippen LogP contribution in [0.5, 0.6) is 0 Å². The van der Waals surface area contributed by atoms with Crippen LogP contribution in [0.1, 0.15) is 38.3 Å². The fourth-order valence-electron chi connectivity index (χ4n) is 4.13. The number of halogens is 2. The van der Waals surface area contributed by atoms with Crippen LogP contribution in [0.15, 0.2) is 42.5 Å². The average Bonchev–Trinajstić information content (AvgIpc) is 2.69. The van der Waals surface area contributed by atoms with Gasteiger partial charge in [-0.1, -0.05) is 18.2 Å². The lowest BCUT2D eigenvalue weighted by Gasteiger charge is -2.39. The summed E-state index contributed by atoms with van der Waals surface area (Å²) >= 11 is 0. The number of carbonyl (C=O) groups is 3. The Balaban J connectivity index is 1.80. The molecule has 1 aliphatic heterocycles. The zero-order valence-electron chi connectivity index (χ0n) is 18.7. The van der Waals surface area contributed by atoms with E-state index in [1.165, 1.54) is 30.3 Å². The van der Waals surface area contributed by atoms with E-state index in [1.807, 2.05) is 0 Å². The molecule has 3 amide bonds. The van der Waals surface area contributed by atoms with Crippen molar-refractivity contribution in [2.75, 3.05) is 5.32 Å². The molecule has 176 valence electrons. The molecule has 7 nitrogen and oxygen atoms in total. The summed E-state index contributed by atoms with van der Waals surface area (Å²) in [6.07, 6.45) is -1.44. The van der Waals surface area contributed by atoms with Crippen molar-refractivity contribution in [1.29, 1.82) is 0 Å². The first-order chi connectivity index (χ1) is 15.5. The Bertz CT molecular complexity index is 1070. The van der Waals surface area contributed by atoms with Crippen LogP contribution >= 0.6 is 0 Å². The Morgan fingerprint density at radius 3 is 2.55 bits per heavy atom. The van der Waals surface area contributed by atoms with Crippen molar-refractivity contribution in [3.05, 3.63) is 65.2 Å². The third kappa shape index (κ3) is 5.85. The molecule has 9 heteroatoms. The standard InChI is InChI=1S/C24H27F2N3O4/c1-24(2,3)29(23(32)33)17(11-14-6-4-5-7-18(14)26)13-21(30)27-20-12-15-10-16(25)8-9-19(15)28-22(20)31/h4-10,17,20H,11-13H2,1-3H3,(H,27,30)(H,28,31)(H,32,33)/t17-,20?/m1/s1. The summed E-state index contributed by atoms with van der Waals surface area (Å²) in [5.41, 5.74) is 0.449. The summed E-state index contributed by atoms with van der Waals surface area (Å²) in [6.45, 7) is 5.06. The highest BCUT2D eigenvalue weighted by Gasteiger charge is 2.36. The van der Waals surface area contributed by atoms with Crippen LogP contribution in [0.2, 0.25) is 0 Å². The zero-order valence-corrected chi connectivity index (χ0v) is 18.7. The highest BCUT2D eigenvalue weighted by atomic mass is 19.1. The van der Waals surface area contributed by atoms with Crippen LogP contribution < -0.4 is 10.6 Å². The molecule has 1 aliphatic rings. The van der Waals surface area contributed by atoms with E-state index in [2.05, 4.69) is 10.6 Å². The largest absolute Gasteiger partial charge is 0.465 e. The summed E-state index contributed by atoms with van der Waals surface area (Å²) in [6, 6.07) is 8.16. The van der Waals surface area contributed by atoms with E-state index in [4.69, 9.17) is 0 Å². The minimum Gasteiger partial charge on any atom is -0.465 e. The molecule has 0 saturated carbocycles. The lowest BCUT2D eigenvalue weighted by Crippen LogP contribution is -2.54. The van der Waals surface area contributed by atoms with Crippen molar-refractivity contribution >= 4 is 23.6 Å². The molecule has 0 fully saturated rings. The second-order valence-corrected chi connectivity index (χ2v) is 9.09. The number of nitrogens with zero attached hydrogens (tertiary/aromatic N) is 1. The molecule has 0 bridgehead atoms. The van der Waals surface area contributed by atoms with Gasteiger partial charge in [0.2, 0.25) is 11.8 Å². The number of hydrogen-bond acceptors (Lipinski definition) is 3. The van der Waals surface area contributed by atoms with Gasteiger partial charge in [0.15, 0.2) is 0 Å². The molecule has 0 aromatic heterocycles. The number of nitrogens with one attached hydrogen (secondary N) is 2. The van der Waals surface area contributed by atoms with E-state index in [1.54, 1.807) is 32.9 Å². The third-order valence-corrected chi connectivity index (χ3v) is 5.53. The number of fused-ring (bicyclic) bond motifs is 1. The molecule has 2 aromatic carbocycles. The van der Waals surface area contributed by atoms with E-state index in [0.29, 0.717) is 11.3 Å². The van der Waals surface area contributed by atoms with Gasteiger partial charge >= 0.3 is 6.09 Å². The van der Waals surface area contributed by atoms with E-state index in [9.17, 15) is 28.3 Å². The molecule has 3 rings (SSSR count). The van der Waals surface area contributed by atoms with Gasteiger partial charge in [-0.2, -0.15) is 0 Å². The van der Waals surface area contributed by atoms with E-state index >= 15 is 0 Å². The number of amides is 3. The molecular formula is C24H27F2N3O4. The summed E-state index contributed by atoms with van der Waals surface area (Å²) in [7, 11) is 0. The summed E-state index contributed by atoms with van der Waals surface area (Å²) < 4.78 is 27.9. The first-order valence-electron chi connectivity index (χ1n) is 10.6. The number of hydrogen-bond donors (Lipinski definition) is 3. The molecule has 0 radical (unpaired) electrons. The Hall–Kier alpha value is -3.49. The molecule has 2 atom stereocenters. The molecular weight excluding hydrogens is 432 g/mol. The van der Waals surface area contributed by atoms with Crippen molar-refractivity contribution < 1.29 is 28.3 Å². The number of rotatable bonds is 6. The van der Waals surface area contributed by atoms with Crippen LogP contribution in [0, 0.1) is 11.6 Å². The second-order valence-electron chi connectivity index (χ2n) is 9.09. The number of carbonyl (C=O) groups excluding carboxylic acids is 2. The van der Waals surface area contributed by atoms with Gasteiger partial charge in [0.1, 0.15) is 17.7 Å². The normalized spacial score (nSPS) is 16.4. The first-order valence-corrected chi connectivity index (χ1v) is 10.6. The molecule has 1 unspecified atom stereocenters. The van der Waals surface area contributed by atoms with E-state index in [0.717, 1.165) is 4.90 Å². The zero-order chi connectivity index (χ0) is 24.3. The van der Waals surface area contributed by atoms with Crippen LogP contribution in [-0.4, -0.2) is 45.5 Å². The fourth-order valence-corrected chi connectivity index (χ4v) is 4.13. The summed E-state index contributed by atoms with van der Waals surface area (Å²) in [5.74, 6) is -1.96. The quantitative estimate of drug-likeness (QED) is 0.613. The maximum absolute atomic E-state index is 14.3. The Morgan fingerprint density at radius 1 is 1.21 bits per heavy atom. The van der Waals surface area contributed by atoms with Crippen molar-refractivity contribution in [3.8, 4) is 0 Å². The van der Waals surface area contributed by atoms with Gasteiger partial charge < -0.3 is 15.7 Å². The molecule has 3 N–H and O–H groups in total. The fraction of sp³-hybridized carbons (Fsp3) is 0.375. The minimum atomic E-state index is -1.24. The summed E-state index contributed by atoms with van der Waals surface area (Å²) in [5, 5.41) is 15.1. The number of benzene rings is 2. The van der Waals surface area contributed by atoms with Crippen LogP contribution in [0.3, 0.4) is 0 Å².